The number of rotatable bonds is 4. The fourth-order valence-electron chi connectivity index (χ4n) is 7.23. The lowest BCUT2D eigenvalue weighted by molar-refractivity contribution is 0.0737. The van der Waals surface area contributed by atoms with E-state index in [9.17, 15) is 0 Å². The first-order valence-corrected chi connectivity index (χ1v) is 18.9. The normalized spacial score (nSPS) is 14.1. The van der Waals surface area contributed by atoms with Crippen LogP contribution in [0, 0.1) is 0 Å². The fourth-order valence-corrected chi connectivity index (χ4v) is 7.23. The molecule has 2 bridgehead atoms. The van der Waals surface area contributed by atoms with E-state index in [1.807, 2.05) is 12.1 Å². The van der Waals surface area contributed by atoms with Crippen LogP contribution in [-0.4, -0.2) is 67.1 Å². The maximum absolute atomic E-state index is 6.93. The average Bonchev–Trinajstić information content (AvgIpc) is 3.25. The standard InChI is InChI=1S/C48H44O8/c1-49-37-31-42-48(50-2)43(32-37)54-26-22-52-24-28-56-47-41(34-15-7-4-8-16-34)30-36-18-10-12-20-39(36)45(47)44-38-19-11-9-17-35(38)29-40(33-13-5-3-6-14-33)46(44)55-27-23-51-21-25-53-42/h3-20,29-32H,21-28H2,1-2H3. The van der Waals surface area contributed by atoms with Crippen LogP contribution in [0.25, 0.3) is 54.9 Å². The van der Waals surface area contributed by atoms with Crippen LogP contribution in [0.4, 0.5) is 0 Å². The molecule has 0 spiro atoms. The van der Waals surface area contributed by atoms with Gasteiger partial charge in [-0.1, -0.05) is 109 Å². The molecule has 1 aliphatic rings. The number of hydrogen-bond donors (Lipinski definition) is 0. The maximum Gasteiger partial charge on any atom is 0.203 e. The Morgan fingerprint density at radius 3 is 1.25 bits per heavy atom. The molecular formula is C48H44O8. The van der Waals surface area contributed by atoms with Gasteiger partial charge in [0.1, 0.15) is 43.7 Å². The van der Waals surface area contributed by atoms with Gasteiger partial charge < -0.3 is 37.9 Å². The van der Waals surface area contributed by atoms with Crippen LogP contribution in [0.2, 0.25) is 0 Å². The molecule has 1 heterocycles. The topological polar surface area (TPSA) is 73.8 Å². The van der Waals surface area contributed by atoms with Crippen molar-refractivity contribution in [3.05, 3.63) is 133 Å². The molecule has 56 heavy (non-hydrogen) atoms. The SMILES string of the molecule is COc1cc2c(OC)c(c1)OCCOCCOc1c(-c3ccccc3)cc3ccccc3c1-c1c(c(-c3ccccc3)cc3ccccc13)OCCOCCO2. The Morgan fingerprint density at radius 1 is 0.411 bits per heavy atom. The number of ether oxygens (including phenoxy) is 8. The van der Waals surface area contributed by atoms with Crippen LogP contribution in [0.15, 0.2) is 133 Å². The summed E-state index contributed by atoms with van der Waals surface area (Å²) >= 11 is 0. The summed E-state index contributed by atoms with van der Waals surface area (Å²) in [6, 6.07) is 45.7. The van der Waals surface area contributed by atoms with Gasteiger partial charge in [0.25, 0.3) is 0 Å². The van der Waals surface area contributed by atoms with Crippen molar-refractivity contribution >= 4 is 21.5 Å². The zero-order chi connectivity index (χ0) is 38.1. The zero-order valence-corrected chi connectivity index (χ0v) is 31.6. The predicted octanol–water partition coefficient (Wildman–Crippen LogP) is 10.3. The molecule has 0 N–H and O–H groups in total. The molecule has 7 aromatic rings. The van der Waals surface area contributed by atoms with Crippen molar-refractivity contribution in [2.24, 2.45) is 0 Å². The highest BCUT2D eigenvalue weighted by Gasteiger charge is 2.26. The Bertz CT molecular complexity index is 2250. The largest absolute Gasteiger partial charge is 0.496 e. The number of fused-ring (bicyclic) bond motifs is 9. The van der Waals surface area contributed by atoms with Crippen LogP contribution in [-0.2, 0) is 9.47 Å². The molecule has 8 heteroatoms. The first-order chi connectivity index (χ1) is 27.7. The highest BCUT2D eigenvalue weighted by molar-refractivity contribution is 6.14. The van der Waals surface area contributed by atoms with Crippen molar-refractivity contribution in [1.82, 2.24) is 0 Å². The first-order valence-electron chi connectivity index (χ1n) is 18.9. The molecule has 8 nitrogen and oxygen atoms in total. The zero-order valence-electron chi connectivity index (χ0n) is 31.6. The van der Waals surface area contributed by atoms with Gasteiger partial charge in [-0.05, 0) is 44.8 Å². The second-order valence-corrected chi connectivity index (χ2v) is 13.2. The van der Waals surface area contributed by atoms with E-state index >= 15 is 0 Å². The summed E-state index contributed by atoms with van der Waals surface area (Å²) in [6.45, 7) is 2.47. The molecule has 0 fully saturated rings. The highest BCUT2D eigenvalue weighted by Crippen LogP contribution is 2.52. The smallest absolute Gasteiger partial charge is 0.203 e. The first kappa shape index (κ1) is 36.7. The summed E-state index contributed by atoms with van der Waals surface area (Å²) in [7, 11) is 3.18. The van der Waals surface area contributed by atoms with Gasteiger partial charge in [0.15, 0.2) is 11.5 Å². The lowest BCUT2D eigenvalue weighted by Gasteiger charge is -2.24. The van der Waals surface area contributed by atoms with Crippen molar-refractivity contribution in [2.75, 3.05) is 67.1 Å². The van der Waals surface area contributed by atoms with Crippen LogP contribution in [0.1, 0.15) is 0 Å². The van der Waals surface area contributed by atoms with Gasteiger partial charge in [-0.15, -0.1) is 0 Å². The number of hydrogen-bond acceptors (Lipinski definition) is 8. The Morgan fingerprint density at radius 2 is 0.821 bits per heavy atom. The van der Waals surface area contributed by atoms with E-state index in [-0.39, 0.29) is 13.2 Å². The van der Waals surface area contributed by atoms with E-state index in [1.54, 1.807) is 26.4 Å². The number of methoxy groups -OCH3 is 2. The summed E-state index contributed by atoms with van der Waals surface area (Å²) < 4.78 is 49.5. The summed E-state index contributed by atoms with van der Waals surface area (Å²) in [4.78, 5) is 0. The minimum atomic E-state index is 0.279. The molecule has 0 radical (unpaired) electrons. The van der Waals surface area contributed by atoms with Crippen molar-refractivity contribution in [3.8, 4) is 67.9 Å². The van der Waals surface area contributed by atoms with Crippen molar-refractivity contribution in [1.29, 1.82) is 0 Å². The third-order valence-electron chi connectivity index (χ3n) is 9.78. The van der Waals surface area contributed by atoms with E-state index < -0.39 is 0 Å². The summed E-state index contributed by atoms with van der Waals surface area (Å²) in [5, 5.41) is 4.28. The maximum atomic E-state index is 6.93. The van der Waals surface area contributed by atoms with Crippen LogP contribution in [0.5, 0.6) is 34.5 Å². The Kier molecular flexibility index (Phi) is 11.5. The van der Waals surface area contributed by atoms with Gasteiger partial charge in [0.2, 0.25) is 5.75 Å². The second-order valence-electron chi connectivity index (χ2n) is 13.2. The van der Waals surface area contributed by atoms with Crippen molar-refractivity contribution in [2.45, 2.75) is 0 Å². The molecule has 284 valence electrons. The quantitative estimate of drug-likeness (QED) is 0.176. The van der Waals surface area contributed by atoms with Gasteiger partial charge in [-0.2, -0.15) is 0 Å². The summed E-state index contributed by atoms with van der Waals surface area (Å²) in [5.41, 5.74) is 5.95. The van der Waals surface area contributed by atoms with E-state index in [1.165, 1.54) is 0 Å². The van der Waals surface area contributed by atoms with E-state index in [2.05, 4.69) is 109 Å². The molecule has 1 aliphatic heterocycles. The lowest BCUT2D eigenvalue weighted by atomic mass is 9.86. The monoisotopic (exact) mass is 748 g/mol. The third-order valence-corrected chi connectivity index (χ3v) is 9.78. The minimum absolute atomic E-state index is 0.279. The Hall–Kier alpha value is -6.22. The fraction of sp³-hybridized carbons (Fsp3) is 0.208. The summed E-state index contributed by atoms with van der Waals surface area (Å²) in [6.07, 6.45) is 0. The molecule has 0 aliphatic carbocycles. The average molecular weight is 749 g/mol. The molecular weight excluding hydrogens is 705 g/mol. The summed E-state index contributed by atoms with van der Waals surface area (Å²) in [5.74, 6) is 3.55. The lowest BCUT2D eigenvalue weighted by Crippen LogP contribution is -2.13. The molecule has 0 aromatic heterocycles. The number of benzene rings is 7. The predicted molar refractivity (Wildman–Crippen MR) is 221 cm³/mol. The van der Waals surface area contributed by atoms with Gasteiger partial charge in [0, 0.05) is 34.4 Å². The van der Waals surface area contributed by atoms with E-state index in [4.69, 9.17) is 37.9 Å². The molecule has 0 unspecified atom stereocenters. The third kappa shape index (κ3) is 7.80. The Labute approximate surface area is 327 Å². The molecule has 0 atom stereocenters. The van der Waals surface area contributed by atoms with Crippen molar-refractivity contribution in [3.63, 3.8) is 0 Å². The second kappa shape index (κ2) is 17.5. The van der Waals surface area contributed by atoms with Crippen molar-refractivity contribution < 1.29 is 37.9 Å². The Balaban J connectivity index is 1.28. The highest BCUT2D eigenvalue weighted by atomic mass is 16.6. The van der Waals surface area contributed by atoms with Crippen LogP contribution < -0.4 is 28.4 Å². The minimum Gasteiger partial charge on any atom is -0.496 e. The van der Waals surface area contributed by atoms with Crippen LogP contribution in [0.3, 0.4) is 0 Å². The molecule has 0 amide bonds. The molecule has 0 saturated carbocycles. The van der Waals surface area contributed by atoms with E-state index in [0.29, 0.717) is 62.6 Å². The van der Waals surface area contributed by atoms with Gasteiger partial charge in [0.05, 0.1) is 40.6 Å². The van der Waals surface area contributed by atoms with Gasteiger partial charge >= 0.3 is 0 Å². The van der Waals surface area contributed by atoms with Gasteiger partial charge in [-0.3, -0.25) is 0 Å². The van der Waals surface area contributed by atoms with E-state index in [0.717, 1.165) is 66.4 Å². The molecule has 7 aromatic carbocycles. The van der Waals surface area contributed by atoms with Gasteiger partial charge in [-0.25, -0.2) is 0 Å². The van der Waals surface area contributed by atoms with Crippen LogP contribution >= 0.6 is 0 Å². The molecule has 8 rings (SSSR count). The molecule has 0 saturated heterocycles.